The van der Waals surface area contributed by atoms with Crippen LogP contribution in [0.25, 0.3) is 0 Å². The Morgan fingerprint density at radius 1 is 1.08 bits per heavy atom. The van der Waals surface area contributed by atoms with Gasteiger partial charge in [0.15, 0.2) is 5.78 Å². The summed E-state index contributed by atoms with van der Waals surface area (Å²) in [7, 11) is 0. The van der Waals surface area contributed by atoms with Gasteiger partial charge in [-0.3, -0.25) is 14.6 Å². The van der Waals surface area contributed by atoms with Crippen LogP contribution in [-0.4, -0.2) is 86.9 Å². The van der Waals surface area contributed by atoms with E-state index in [0.29, 0.717) is 37.7 Å². The number of halogens is 1. The van der Waals surface area contributed by atoms with Crippen molar-refractivity contribution in [1.82, 2.24) is 9.80 Å². The van der Waals surface area contributed by atoms with Crippen molar-refractivity contribution in [2.45, 2.75) is 12.5 Å². The fourth-order valence-electron chi connectivity index (χ4n) is 4.04. The van der Waals surface area contributed by atoms with Crippen molar-refractivity contribution in [2.75, 3.05) is 65.8 Å². The molecule has 6 nitrogen and oxygen atoms in total. The predicted octanol–water partition coefficient (Wildman–Crippen LogP) is 1.74. The Kier molecular flexibility index (Phi) is 5.34. The van der Waals surface area contributed by atoms with Crippen LogP contribution >= 0.6 is 15.9 Å². The number of rotatable bonds is 3. The molecule has 3 heterocycles. The molecule has 0 aromatic heterocycles. The lowest BCUT2D eigenvalue weighted by Gasteiger charge is -2.48. The lowest BCUT2D eigenvalue weighted by Crippen LogP contribution is -2.68. The zero-order chi connectivity index (χ0) is 18.1. The Bertz CT molecular complexity index is 686. The summed E-state index contributed by atoms with van der Waals surface area (Å²) >= 11 is 3.57. The van der Waals surface area contributed by atoms with Crippen molar-refractivity contribution in [3.63, 3.8) is 0 Å². The molecule has 1 unspecified atom stereocenters. The molecule has 2 fully saturated rings. The fraction of sp³-hybridized carbons (Fsp3) is 0.632. The molecule has 0 aliphatic carbocycles. The maximum absolute atomic E-state index is 13.7. The van der Waals surface area contributed by atoms with Gasteiger partial charge in [0.1, 0.15) is 17.9 Å². The number of carbonyl (C=O) groups is 1. The minimum Gasteiger partial charge on any atom is -0.490 e. The molecule has 1 aromatic rings. The molecule has 0 spiro atoms. The van der Waals surface area contributed by atoms with Crippen LogP contribution in [0.5, 0.6) is 5.75 Å². The molecular formula is C19H25BrN2O4. The molecule has 2 saturated heterocycles. The molecule has 3 aliphatic heterocycles. The van der Waals surface area contributed by atoms with E-state index >= 15 is 0 Å². The molecular weight excluding hydrogens is 400 g/mol. The minimum absolute atomic E-state index is 0.160. The van der Waals surface area contributed by atoms with Gasteiger partial charge in [-0.05, 0) is 24.6 Å². The van der Waals surface area contributed by atoms with E-state index in [1.165, 1.54) is 0 Å². The zero-order valence-corrected chi connectivity index (χ0v) is 16.7. The molecule has 142 valence electrons. The van der Waals surface area contributed by atoms with E-state index < -0.39 is 5.54 Å². The monoisotopic (exact) mass is 424 g/mol. The quantitative estimate of drug-likeness (QED) is 0.736. The Balaban J connectivity index is 1.70. The van der Waals surface area contributed by atoms with Crippen LogP contribution in [0.3, 0.4) is 0 Å². The van der Waals surface area contributed by atoms with Gasteiger partial charge in [0.05, 0.1) is 32.0 Å². The molecule has 0 radical (unpaired) electrons. The Hall–Kier alpha value is -0.990. The number of carbonyl (C=O) groups excluding carboxylic acids is 1. The first kappa shape index (κ1) is 18.4. The number of hydrogen-bond donors (Lipinski definition) is 0. The number of morpholine rings is 2. The van der Waals surface area contributed by atoms with Crippen molar-refractivity contribution in [3.05, 3.63) is 27.7 Å². The summed E-state index contributed by atoms with van der Waals surface area (Å²) in [5.74, 6) is 0.856. The third kappa shape index (κ3) is 3.31. The smallest absolute Gasteiger partial charge is 0.191 e. The number of ether oxygens (including phenoxy) is 3. The van der Waals surface area contributed by atoms with E-state index in [-0.39, 0.29) is 5.78 Å². The molecule has 26 heavy (non-hydrogen) atoms. The zero-order valence-electron chi connectivity index (χ0n) is 15.1. The first-order chi connectivity index (χ1) is 12.6. The van der Waals surface area contributed by atoms with E-state index in [1.54, 1.807) is 0 Å². The van der Waals surface area contributed by atoms with Crippen molar-refractivity contribution in [3.8, 4) is 5.75 Å². The first-order valence-electron chi connectivity index (χ1n) is 9.21. The highest BCUT2D eigenvalue weighted by Gasteiger charge is 2.50. The minimum atomic E-state index is -0.664. The summed E-state index contributed by atoms with van der Waals surface area (Å²) in [6, 6.07) is 3.87. The number of benzene rings is 1. The lowest BCUT2D eigenvalue weighted by molar-refractivity contribution is -0.0546. The highest BCUT2D eigenvalue weighted by atomic mass is 79.9. The standard InChI is InChI=1S/C19H25BrN2O4/c1-14-10-17-15(11-16(14)20)18(23)19(13-26-17,22-4-8-25-9-5-22)12-21-2-6-24-7-3-21/h10-11H,2-9,12-13H2,1H3. The third-order valence-corrected chi connectivity index (χ3v) is 6.45. The van der Waals surface area contributed by atoms with E-state index in [2.05, 4.69) is 25.7 Å². The SMILES string of the molecule is Cc1cc2c(cc1Br)C(=O)C(CN1CCOCC1)(N1CCOCC1)CO2. The van der Waals surface area contributed by atoms with E-state index in [0.717, 1.165) is 49.4 Å². The predicted molar refractivity (Wildman–Crippen MR) is 101 cm³/mol. The summed E-state index contributed by atoms with van der Waals surface area (Å²) in [5.41, 5.74) is 1.08. The van der Waals surface area contributed by atoms with E-state index in [4.69, 9.17) is 14.2 Å². The summed E-state index contributed by atoms with van der Waals surface area (Å²) in [5, 5.41) is 0. The van der Waals surface area contributed by atoms with Gasteiger partial charge in [-0.1, -0.05) is 15.9 Å². The molecule has 1 atom stereocenters. The van der Waals surface area contributed by atoms with Crippen molar-refractivity contribution < 1.29 is 19.0 Å². The van der Waals surface area contributed by atoms with Gasteiger partial charge in [-0.25, -0.2) is 0 Å². The summed E-state index contributed by atoms with van der Waals surface area (Å²) in [4.78, 5) is 18.3. The van der Waals surface area contributed by atoms with Crippen LogP contribution in [0.1, 0.15) is 15.9 Å². The summed E-state index contributed by atoms with van der Waals surface area (Å²) in [6.45, 7) is 9.01. The van der Waals surface area contributed by atoms with Gasteiger partial charge in [0.2, 0.25) is 0 Å². The molecule has 7 heteroatoms. The molecule has 3 aliphatic rings. The van der Waals surface area contributed by atoms with Crippen LogP contribution in [0.2, 0.25) is 0 Å². The topological polar surface area (TPSA) is 51.2 Å². The first-order valence-corrected chi connectivity index (χ1v) is 10.0. The molecule has 4 rings (SSSR count). The molecule has 0 saturated carbocycles. The van der Waals surface area contributed by atoms with Crippen LogP contribution in [0.15, 0.2) is 16.6 Å². The Labute approximate surface area is 162 Å². The van der Waals surface area contributed by atoms with Crippen molar-refractivity contribution in [1.29, 1.82) is 0 Å². The number of fused-ring (bicyclic) bond motifs is 1. The second-order valence-corrected chi connectivity index (χ2v) is 8.09. The maximum atomic E-state index is 13.7. The number of nitrogens with zero attached hydrogens (tertiary/aromatic N) is 2. The van der Waals surface area contributed by atoms with Gasteiger partial charge in [-0.2, -0.15) is 0 Å². The fourth-order valence-corrected chi connectivity index (χ4v) is 4.38. The maximum Gasteiger partial charge on any atom is 0.191 e. The van der Waals surface area contributed by atoms with E-state index in [1.807, 2.05) is 19.1 Å². The van der Waals surface area contributed by atoms with Crippen LogP contribution in [0, 0.1) is 6.92 Å². The normalized spacial score (nSPS) is 27.8. The largest absolute Gasteiger partial charge is 0.490 e. The lowest BCUT2D eigenvalue weighted by atomic mass is 9.84. The van der Waals surface area contributed by atoms with Gasteiger partial charge >= 0.3 is 0 Å². The van der Waals surface area contributed by atoms with Gasteiger partial charge in [-0.15, -0.1) is 0 Å². The number of Topliss-reactive ketones (excluding diaryl/α,β-unsaturated/α-hetero) is 1. The summed E-state index contributed by atoms with van der Waals surface area (Å²) in [6.07, 6.45) is 0. The van der Waals surface area contributed by atoms with Crippen molar-refractivity contribution >= 4 is 21.7 Å². The molecule has 0 amide bonds. The van der Waals surface area contributed by atoms with E-state index in [9.17, 15) is 4.79 Å². The van der Waals surface area contributed by atoms with Crippen molar-refractivity contribution in [2.24, 2.45) is 0 Å². The highest BCUT2D eigenvalue weighted by Crippen LogP contribution is 2.37. The van der Waals surface area contributed by atoms with Gasteiger partial charge in [0.25, 0.3) is 0 Å². The summed E-state index contributed by atoms with van der Waals surface area (Å²) < 4.78 is 18.1. The van der Waals surface area contributed by atoms with Crippen LogP contribution < -0.4 is 4.74 Å². The average molecular weight is 425 g/mol. The second kappa shape index (κ2) is 7.56. The third-order valence-electron chi connectivity index (χ3n) is 5.60. The number of aryl methyl sites for hydroxylation is 1. The molecule has 0 bridgehead atoms. The Morgan fingerprint density at radius 2 is 1.73 bits per heavy atom. The number of ketones is 1. The van der Waals surface area contributed by atoms with Crippen LogP contribution in [0.4, 0.5) is 0 Å². The average Bonchev–Trinajstić information content (AvgIpc) is 2.67. The van der Waals surface area contributed by atoms with Crippen LogP contribution in [-0.2, 0) is 9.47 Å². The Morgan fingerprint density at radius 3 is 2.42 bits per heavy atom. The molecule has 1 aromatic carbocycles. The number of hydrogen-bond acceptors (Lipinski definition) is 6. The van der Waals surface area contributed by atoms with Gasteiger partial charge in [0, 0.05) is 37.2 Å². The van der Waals surface area contributed by atoms with Gasteiger partial charge < -0.3 is 14.2 Å². The highest BCUT2D eigenvalue weighted by molar-refractivity contribution is 9.10. The molecule has 0 N–H and O–H groups in total. The second-order valence-electron chi connectivity index (χ2n) is 7.23.